The number of anilines is 2. The maximum absolute atomic E-state index is 13.4. The number of nitrogens with one attached hydrogen (secondary N) is 1. The molecule has 1 amide bonds. The van der Waals surface area contributed by atoms with Crippen LogP contribution >= 0.6 is 0 Å². The average Bonchev–Trinajstić information content (AvgIpc) is 2.96. The van der Waals surface area contributed by atoms with E-state index in [1.807, 2.05) is 25.4 Å². The normalized spacial score (nSPS) is 27.5. The van der Waals surface area contributed by atoms with Crippen LogP contribution in [0.2, 0.25) is 0 Å². The first-order valence-corrected chi connectivity index (χ1v) is 9.40. The first-order chi connectivity index (χ1) is 13.4. The van der Waals surface area contributed by atoms with Gasteiger partial charge in [-0.1, -0.05) is 6.08 Å². The molecule has 3 atom stereocenters. The molecule has 2 bridgehead atoms. The molecule has 4 heterocycles. The number of aromatic nitrogens is 4. The molecular weight excluding hydrogens is 366 g/mol. The van der Waals surface area contributed by atoms with Gasteiger partial charge in [0.1, 0.15) is 5.92 Å². The van der Waals surface area contributed by atoms with E-state index in [4.69, 9.17) is 0 Å². The predicted molar refractivity (Wildman–Crippen MR) is 97.8 cm³/mol. The predicted octanol–water partition coefficient (Wildman–Crippen LogP) is 2.76. The molecule has 2 aromatic heterocycles. The van der Waals surface area contributed by atoms with Gasteiger partial charge in [-0.05, 0) is 30.9 Å². The Morgan fingerprint density at radius 3 is 2.86 bits per heavy atom. The van der Waals surface area contributed by atoms with Crippen LogP contribution in [0.15, 0.2) is 30.7 Å². The number of halogens is 2. The van der Waals surface area contributed by atoms with Crippen molar-refractivity contribution in [3.05, 3.63) is 36.4 Å². The first kappa shape index (κ1) is 17.3. The second kappa shape index (κ2) is 6.08. The fourth-order valence-corrected chi connectivity index (χ4v) is 4.24. The zero-order valence-corrected chi connectivity index (χ0v) is 15.3. The molecule has 146 valence electrons. The summed E-state index contributed by atoms with van der Waals surface area (Å²) in [6, 6.07) is 1.69. The van der Waals surface area contributed by atoms with Gasteiger partial charge in [-0.15, -0.1) is 0 Å². The van der Waals surface area contributed by atoms with E-state index in [1.54, 1.807) is 22.0 Å². The third kappa shape index (κ3) is 2.94. The van der Waals surface area contributed by atoms with Gasteiger partial charge in [0.2, 0.25) is 11.9 Å². The summed E-state index contributed by atoms with van der Waals surface area (Å²) in [7, 11) is 1.83. The molecule has 0 unspecified atom stereocenters. The molecule has 7 nitrogen and oxygen atoms in total. The van der Waals surface area contributed by atoms with E-state index in [1.165, 1.54) is 0 Å². The van der Waals surface area contributed by atoms with E-state index in [0.29, 0.717) is 12.4 Å². The van der Waals surface area contributed by atoms with Crippen molar-refractivity contribution in [2.75, 3.05) is 5.32 Å². The molecule has 1 N–H and O–H groups in total. The first-order valence-electron chi connectivity index (χ1n) is 9.40. The lowest BCUT2D eigenvalue weighted by atomic mass is 9.98. The Labute approximate surface area is 160 Å². The zero-order chi connectivity index (χ0) is 19.5. The molecule has 2 fully saturated rings. The highest BCUT2D eigenvalue weighted by molar-refractivity contribution is 5.85. The lowest BCUT2D eigenvalue weighted by Gasteiger charge is -2.34. The van der Waals surface area contributed by atoms with Gasteiger partial charge in [0.25, 0.3) is 5.92 Å². The van der Waals surface area contributed by atoms with Crippen LogP contribution in [0.1, 0.15) is 31.4 Å². The van der Waals surface area contributed by atoms with E-state index in [0.717, 1.165) is 29.8 Å². The molecule has 1 saturated carbocycles. The van der Waals surface area contributed by atoms with Gasteiger partial charge in [0.05, 0.1) is 23.6 Å². The van der Waals surface area contributed by atoms with Crippen molar-refractivity contribution in [1.82, 2.24) is 24.6 Å². The fraction of sp³-hybridized carbons (Fsp3) is 0.474. The molecule has 1 saturated heterocycles. The van der Waals surface area contributed by atoms with Gasteiger partial charge >= 0.3 is 0 Å². The summed E-state index contributed by atoms with van der Waals surface area (Å²) in [4.78, 5) is 23.0. The molecule has 9 heteroatoms. The van der Waals surface area contributed by atoms with Crippen molar-refractivity contribution in [2.45, 2.75) is 43.7 Å². The number of carbonyl (C=O) groups excluding carboxylic acids is 1. The van der Waals surface area contributed by atoms with Crippen molar-refractivity contribution in [1.29, 1.82) is 0 Å². The third-order valence-electron chi connectivity index (χ3n) is 5.72. The van der Waals surface area contributed by atoms with Crippen LogP contribution in [0.3, 0.4) is 0 Å². The molecule has 3 aliphatic rings. The lowest BCUT2D eigenvalue weighted by Crippen LogP contribution is -2.44. The van der Waals surface area contributed by atoms with Gasteiger partial charge in [0, 0.05) is 31.9 Å². The summed E-state index contributed by atoms with van der Waals surface area (Å²) in [6.07, 6.45) is 9.17. The van der Waals surface area contributed by atoms with E-state index in [9.17, 15) is 13.6 Å². The number of alkyl halides is 2. The Morgan fingerprint density at radius 1 is 1.36 bits per heavy atom. The van der Waals surface area contributed by atoms with E-state index < -0.39 is 17.7 Å². The molecule has 1 aliphatic carbocycles. The second-order valence-electron chi connectivity index (χ2n) is 7.75. The number of fused-ring (bicyclic) bond motifs is 2. The smallest absolute Gasteiger partial charge is 0.260 e. The maximum atomic E-state index is 13.4. The van der Waals surface area contributed by atoms with E-state index in [-0.39, 0.29) is 18.5 Å². The summed E-state index contributed by atoms with van der Waals surface area (Å²) in [5.41, 5.74) is 2.62. The SMILES string of the molecule is Cn1cc(Nc2nccc(C3=C[C@H]4CC[C@@H](C3)N4C(=O)[C@@H]3CC3(F)F)n2)cn1. The molecule has 0 aromatic carbocycles. The standard InChI is InChI=1S/C19H20F2N6O/c1-26-10-12(9-23-26)24-18-22-5-4-16(25-18)11-6-13-2-3-14(7-11)27(13)17(28)15-8-19(15,20)21/h4-6,9-10,13-15H,2-3,7-8H2,1H3,(H,22,24,25)/t13-,14+,15+/m1/s1. The Balaban J connectivity index is 1.36. The fourth-order valence-electron chi connectivity index (χ4n) is 4.24. The Bertz CT molecular complexity index is 971. The quantitative estimate of drug-likeness (QED) is 0.875. The number of rotatable bonds is 4. The highest BCUT2D eigenvalue weighted by atomic mass is 19.3. The molecule has 0 radical (unpaired) electrons. The van der Waals surface area contributed by atoms with Gasteiger partial charge < -0.3 is 10.2 Å². The highest BCUT2D eigenvalue weighted by Gasteiger charge is 2.63. The minimum absolute atomic E-state index is 0.0291. The summed E-state index contributed by atoms with van der Waals surface area (Å²) in [6.45, 7) is 0. The van der Waals surface area contributed by atoms with Crippen LogP contribution in [0.5, 0.6) is 0 Å². The number of aryl methyl sites for hydroxylation is 1. The van der Waals surface area contributed by atoms with Gasteiger partial charge in [-0.3, -0.25) is 9.48 Å². The van der Waals surface area contributed by atoms with Crippen LogP contribution in [0.4, 0.5) is 20.4 Å². The van der Waals surface area contributed by atoms with E-state index >= 15 is 0 Å². The van der Waals surface area contributed by atoms with Crippen LogP contribution in [-0.4, -0.2) is 48.6 Å². The molecule has 28 heavy (non-hydrogen) atoms. The molecule has 0 spiro atoms. The Kier molecular flexibility index (Phi) is 3.75. The van der Waals surface area contributed by atoms with Crippen molar-refractivity contribution < 1.29 is 13.6 Å². The summed E-state index contributed by atoms with van der Waals surface area (Å²) in [5.74, 6) is -3.87. The topological polar surface area (TPSA) is 75.9 Å². The van der Waals surface area contributed by atoms with E-state index in [2.05, 4.69) is 20.4 Å². The minimum Gasteiger partial charge on any atom is -0.332 e. The van der Waals surface area contributed by atoms with Crippen LogP contribution in [0.25, 0.3) is 5.57 Å². The summed E-state index contributed by atoms with van der Waals surface area (Å²) in [5, 5.41) is 7.22. The largest absolute Gasteiger partial charge is 0.332 e. The molecular formula is C19H20F2N6O. The minimum atomic E-state index is -2.82. The van der Waals surface area contributed by atoms with Gasteiger partial charge in [0.15, 0.2) is 0 Å². The molecule has 2 aliphatic heterocycles. The number of hydrogen-bond acceptors (Lipinski definition) is 5. The van der Waals surface area contributed by atoms with Crippen molar-refractivity contribution in [3.63, 3.8) is 0 Å². The number of hydrogen-bond donors (Lipinski definition) is 1. The van der Waals surface area contributed by atoms with Crippen LogP contribution in [0, 0.1) is 5.92 Å². The summed E-state index contributed by atoms with van der Waals surface area (Å²) >= 11 is 0. The van der Waals surface area contributed by atoms with Crippen molar-refractivity contribution in [2.24, 2.45) is 13.0 Å². The molecule has 5 rings (SSSR count). The number of amides is 1. The monoisotopic (exact) mass is 386 g/mol. The van der Waals surface area contributed by atoms with Crippen molar-refractivity contribution >= 4 is 23.1 Å². The average molecular weight is 386 g/mol. The zero-order valence-electron chi connectivity index (χ0n) is 15.3. The molecule has 2 aromatic rings. The van der Waals surface area contributed by atoms with Crippen LogP contribution in [-0.2, 0) is 11.8 Å². The lowest BCUT2D eigenvalue weighted by molar-refractivity contribution is -0.137. The Hall–Kier alpha value is -2.84. The van der Waals surface area contributed by atoms with Crippen molar-refractivity contribution in [3.8, 4) is 0 Å². The number of nitrogens with zero attached hydrogens (tertiary/aromatic N) is 5. The third-order valence-corrected chi connectivity index (χ3v) is 5.72. The number of carbonyl (C=O) groups is 1. The van der Waals surface area contributed by atoms with Gasteiger partial charge in [-0.25, -0.2) is 18.7 Å². The second-order valence-corrected chi connectivity index (χ2v) is 7.75. The maximum Gasteiger partial charge on any atom is 0.260 e. The summed E-state index contributed by atoms with van der Waals surface area (Å²) < 4.78 is 28.4. The Morgan fingerprint density at radius 2 is 2.18 bits per heavy atom. The highest BCUT2D eigenvalue weighted by Crippen LogP contribution is 2.51. The van der Waals surface area contributed by atoms with Crippen LogP contribution < -0.4 is 5.32 Å². The van der Waals surface area contributed by atoms with Gasteiger partial charge in [-0.2, -0.15) is 5.10 Å².